The summed E-state index contributed by atoms with van der Waals surface area (Å²) in [4.78, 5) is 0. The van der Waals surface area contributed by atoms with Gasteiger partial charge in [-0.15, -0.1) is 0 Å². The number of ether oxygens (including phenoxy) is 1. The third-order valence-electron chi connectivity index (χ3n) is 1.97. The van der Waals surface area contributed by atoms with E-state index >= 15 is 0 Å². The summed E-state index contributed by atoms with van der Waals surface area (Å²) >= 11 is 0. The number of aryl methyl sites for hydroxylation is 1. The summed E-state index contributed by atoms with van der Waals surface area (Å²) < 4.78 is 10.5. The van der Waals surface area contributed by atoms with E-state index in [4.69, 9.17) is 9.16 Å². The smallest absolute Gasteiger partial charge is 0.165 e. The highest BCUT2D eigenvalue weighted by molar-refractivity contribution is 6.27. The molecule has 0 aliphatic rings. The molecule has 0 spiro atoms. The Morgan fingerprint density at radius 1 is 1.21 bits per heavy atom. The lowest BCUT2D eigenvalue weighted by Gasteiger charge is -2.03. The molecule has 0 aliphatic carbocycles. The molecule has 0 N–H and O–H groups in total. The lowest BCUT2D eigenvalue weighted by molar-refractivity contribution is 0.0242. The minimum Gasteiger partial charge on any atom is -0.402 e. The molecular weight excluding hydrogens is 192 g/mol. The molecule has 0 aromatic heterocycles. The SMILES string of the molecule is CCOCO[SiH2]CCc1ccccc1. The van der Waals surface area contributed by atoms with Crippen LogP contribution in [0, 0.1) is 0 Å². The third-order valence-corrected chi connectivity index (χ3v) is 3.07. The molecule has 0 unspecified atom stereocenters. The molecule has 0 radical (unpaired) electrons. The Morgan fingerprint density at radius 3 is 2.71 bits per heavy atom. The number of rotatable bonds is 7. The summed E-state index contributed by atoms with van der Waals surface area (Å²) in [5, 5.41) is 0. The second-order valence-corrected chi connectivity index (χ2v) is 4.63. The third kappa shape index (κ3) is 5.17. The second-order valence-electron chi connectivity index (χ2n) is 3.11. The first-order chi connectivity index (χ1) is 6.93. The van der Waals surface area contributed by atoms with Crippen molar-refractivity contribution in [1.29, 1.82) is 0 Å². The van der Waals surface area contributed by atoms with Gasteiger partial charge in [0.1, 0.15) is 6.79 Å². The van der Waals surface area contributed by atoms with Crippen LogP contribution in [-0.4, -0.2) is 23.2 Å². The van der Waals surface area contributed by atoms with Gasteiger partial charge in [0.05, 0.1) is 0 Å². The van der Waals surface area contributed by atoms with Gasteiger partial charge in [0, 0.05) is 6.61 Å². The fraction of sp³-hybridized carbons (Fsp3) is 0.455. The first-order valence-electron chi connectivity index (χ1n) is 5.13. The summed E-state index contributed by atoms with van der Waals surface area (Å²) in [5.41, 5.74) is 1.40. The molecular formula is C11H18O2Si. The molecule has 0 heterocycles. The van der Waals surface area contributed by atoms with Gasteiger partial charge >= 0.3 is 0 Å². The van der Waals surface area contributed by atoms with Gasteiger partial charge in [-0.1, -0.05) is 30.3 Å². The molecule has 0 atom stereocenters. The van der Waals surface area contributed by atoms with E-state index in [1.165, 1.54) is 11.6 Å². The molecule has 1 rings (SSSR count). The Morgan fingerprint density at radius 2 is 2.00 bits per heavy atom. The second kappa shape index (κ2) is 7.73. The van der Waals surface area contributed by atoms with E-state index in [0.29, 0.717) is 6.79 Å². The molecule has 3 heteroatoms. The maximum atomic E-state index is 5.41. The monoisotopic (exact) mass is 210 g/mol. The normalized spacial score (nSPS) is 11.2. The van der Waals surface area contributed by atoms with Gasteiger partial charge in [-0.3, -0.25) is 0 Å². The molecule has 2 nitrogen and oxygen atoms in total. The van der Waals surface area contributed by atoms with Gasteiger partial charge in [0.15, 0.2) is 9.76 Å². The highest BCUT2D eigenvalue weighted by atomic mass is 28.2. The first kappa shape index (κ1) is 11.4. The zero-order valence-electron chi connectivity index (χ0n) is 8.74. The van der Waals surface area contributed by atoms with E-state index in [1.807, 2.05) is 13.0 Å². The lowest BCUT2D eigenvalue weighted by atomic mass is 10.2. The van der Waals surface area contributed by atoms with Crippen LogP contribution < -0.4 is 0 Å². The lowest BCUT2D eigenvalue weighted by Crippen LogP contribution is -2.04. The standard InChI is InChI=1S/C11H18O2Si/c1-2-12-10-13-14-9-8-11-6-4-3-5-7-11/h3-7H,2,8-10,14H2,1H3. The van der Waals surface area contributed by atoms with Gasteiger partial charge < -0.3 is 9.16 Å². The fourth-order valence-electron chi connectivity index (χ4n) is 1.22. The van der Waals surface area contributed by atoms with Crippen LogP contribution in [0.2, 0.25) is 6.04 Å². The van der Waals surface area contributed by atoms with Crippen LogP contribution in [-0.2, 0) is 15.6 Å². The average Bonchev–Trinajstić information content (AvgIpc) is 2.25. The summed E-state index contributed by atoms with van der Waals surface area (Å²) in [6.07, 6.45) is 1.14. The minimum atomic E-state index is -0.378. The van der Waals surface area contributed by atoms with Crippen molar-refractivity contribution >= 4 is 9.76 Å². The van der Waals surface area contributed by atoms with Crippen LogP contribution in [0.25, 0.3) is 0 Å². The maximum absolute atomic E-state index is 5.41. The minimum absolute atomic E-state index is 0.378. The van der Waals surface area contributed by atoms with E-state index in [2.05, 4.69) is 24.3 Å². The summed E-state index contributed by atoms with van der Waals surface area (Å²) in [5.74, 6) is 0. The van der Waals surface area contributed by atoms with Crippen LogP contribution >= 0.6 is 0 Å². The molecule has 78 valence electrons. The van der Waals surface area contributed by atoms with Crippen molar-refractivity contribution in [3.05, 3.63) is 35.9 Å². The van der Waals surface area contributed by atoms with Gasteiger partial charge in [0.25, 0.3) is 0 Å². The Kier molecular flexibility index (Phi) is 6.31. The van der Waals surface area contributed by atoms with Crippen LogP contribution in [0.1, 0.15) is 12.5 Å². The summed E-state index contributed by atoms with van der Waals surface area (Å²) in [7, 11) is -0.378. The summed E-state index contributed by atoms with van der Waals surface area (Å²) in [6, 6.07) is 11.7. The molecule has 0 bridgehead atoms. The van der Waals surface area contributed by atoms with Crippen molar-refractivity contribution in [3.63, 3.8) is 0 Å². The van der Waals surface area contributed by atoms with E-state index < -0.39 is 0 Å². The summed E-state index contributed by atoms with van der Waals surface area (Å²) in [6.45, 7) is 3.21. The van der Waals surface area contributed by atoms with Gasteiger partial charge in [-0.2, -0.15) is 0 Å². The van der Waals surface area contributed by atoms with E-state index in [9.17, 15) is 0 Å². The quantitative estimate of drug-likeness (QED) is 0.388. The van der Waals surface area contributed by atoms with Crippen molar-refractivity contribution < 1.29 is 9.16 Å². The average molecular weight is 210 g/mol. The van der Waals surface area contributed by atoms with Crippen molar-refractivity contribution in [2.75, 3.05) is 13.4 Å². The van der Waals surface area contributed by atoms with E-state index in [1.54, 1.807) is 0 Å². The molecule has 1 aromatic carbocycles. The molecule has 0 fully saturated rings. The molecule has 14 heavy (non-hydrogen) atoms. The number of hydrogen-bond donors (Lipinski definition) is 0. The predicted molar refractivity (Wildman–Crippen MR) is 61.1 cm³/mol. The van der Waals surface area contributed by atoms with Gasteiger partial charge in [-0.05, 0) is 25.0 Å². The van der Waals surface area contributed by atoms with Crippen LogP contribution in [0.4, 0.5) is 0 Å². The Hall–Kier alpha value is -0.643. The fourth-order valence-corrected chi connectivity index (χ4v) is 2.22. The van der Waals surface area contributed by atoms with E-state index in [0.717, 1.165) is 13.0 Å². The number of benzene rings is 1. The predicted octanol–water partition coefficient (Wildman–Crippen LogP) is 1.74. The molecule has 0 amide bonds. The Bertz CT molecular complexity index is 226. The zero-order chi connectivity index (χ0) is 10.1. The number of hydrogen-bond acceptors (Lipinski definition) is 2. The molecule has 0 saturated carbocycles. The topological polar surface area (TPSA) is 18.5 Å². The molecule has 0 aliphatic heterocycles. The van der Waals surface area contributed by atoms with Crippen LogP contribution in [0.15, 0.2) is 30.3 Å². The zero-order valence-corrected chi connectivity index (χ0v) is 10.2. The first-order valence-corrected chi connectivity index (χ1v) is 6.70. The highest BCUT2D eigenvalue weighted by Gasteiger charge is 1.92. The van der Waals surface area contributed by atoms with Crippen molar-refractivity contribution in [2.24, 2.45) is 0 Å². The van der Waals surface area contributed by atoms with Gasteiger partial charge in [-0.25, -0.2) is 0 Å². The van der Waals surface area contributed by atoms with E-state index in [-0.39, 0.29) is 9.76 Å². The molecule has 0 saturated heterocycles. The molecule has 1 aromatic rings. The van der Waals surface area contributed by atoms with Crippen LogP contribution in [0.3, 0.4) is 0 Å². The van der Waals surface area contributed by atoms with Crippen molar-refractivity contribution in [2.45, 2.75) is 19.4 Å². The maximum Gasteiger partial charge on any atom is 0.165 e. The Labute approximate surface area is 88.2 Å². The van der Waals surface area contributed by atoms with Crippen molar-refractivity contribution in [1.82, 2.24) is 0 Å². The van der Waals surface area contributed by atoms with Crippen LogP contribution in [0.5, 0.6) is 0 Å². The largest absolute Gasteiger partial charge is 0.402 e. The Balaban J connectivity index is 1.99. The highest BCUT2D eigenvalue weighted by Crippen LogP contribution is 2.02. The van der Waals surface area contributed by atoms with Crippen molar-refractivity contribution in [3.8, 4) is 0 Å². The van der Waals surface area contributed by atoms with Gasteiger partial charge in [0.2, 0.25) is 0 Å².